The molecule has 3 rings (SSSR count). The lowest BCUT2D eigenvalue weighted by atomic mass is 10.2. The van der Waals surface area contributed by atoms with Crippen LogP contribution in [0.2, 0.25) is 0 Å². The fourth-order valence-electron chi connectivity index (χ4n) is 2.29. The van der Waals surface area contributed by atoms with Gasteiger partial charge in [0.2, 0.25) is 0 Å². The van der Waals surface area contributed by atoms with Crippen LogP contribution in [0.4, 0.5) is 5.82 Å². The summed E-state index contributed by atoms with van der Waals surface area (Å²) in [6.45, 7) is 0.379. The third-order valence-corrected chi connectivity index (χ3v) is 3.29. The number of rotatable bonds is 2. The van der Waals surface area contributed by atoms with Gasteiger partial charge < -0.3 is 10.5 Å². The molecule has 0 saturated carbocycles. The highest BCUT2D eigenvalue weighted by Gasteiger charge is 2.47. The highest BCUT2D eigenvalue weighted by molar-refractivity contribution is 6.19. The lowest BCUT2D eigenvalue weighted by Gasteiger charge is -2.29. The van der Waals surface area contributed by atoms with Gasteiger partial charge in [-0.25, -0.2) is 9.88 Å². The van der Waals surface area contributed by atoms with Crippen LogP contribution in [0.3, 0.4) is 0 Å². The minimum absolute atomic E-state index is 0.318. The van der Waals surface area contributed by atoms with Crippen molar-refractivity contribution in [2.75, 3.05) is 4.90 Å². The summed E-state index contributed by atoms with van der Waals surface area (Å²) in [6.07, 6.45) is 1.79. The Labute approximate surface area is 104 Å². The monoisotopic (exact) mass is 247 g/mol. The number of anilines is 1. The summed E-state index contributed by atoms with van der Waals surface area (Å²) in [5, 5.41) is 0. The number of nitrogens with two attached hydrogens (primary N) is 1. The van der Waals surface area contributed by atoms with Crippen LogP contribution in [0.5, 0.6) is 0 Å². The van der Waals surface area contributed by atoms with Gasteiger partial charge in [-0.2, -0.15) is 0 Å². The quantitative estimate of drug-likeness (QED) is 0.741. The van der Waals surface area contributed by atoms with E-state index in [4.69, 9.17) is 10.5 Å². The van der Waals surface area contributed by atoms with Gasteiger partial charge >= 0.3 is 0 Å². The van der Waals surface area contributed by atoms with Crippen LogP contribution in [0, 0.1) is 0 Å². The van der Waals surface area contributed by atoms with Crippen LogP contribution in [-0.2, 0) is 20.9 Å². The standard InChI is InChI=1S/C12H13N3O3/c13-5-7-1-4-10(14-6-7)15-11(16)8-2-3-9(18-8)12(15)17/h1,4,6,8-9H,2-3,5,13H2. The van der Waals surface area contributed by atoms with Gasteiger partial charge in [0.25, 0.3) is 11.8 Å². The molecule has 94 valence electrons. The first-order valence-corrected chi connectivity index (χ1v) is 5.89. The Morgan fingerprint density at radius 3 is 2.44 bits per heavy atom. The van der Waals surface area contributed by atoms with Crippen molar-refractivity contribution in [1.29, 1.82) is 0 Å². The molecule has 0 spiro atoms. The number of fused-ring (bicyclic) bond motifs is 2. The second kappa shape index (κ2) is 4.15. The maximum atomic E-state index is 12.1. The van der Waals surface area contributed by atoms with Crippen LogP contribution < -0.4 is 10.6 Å². The van der Waals surface area contributed by atoms with Gasteiger partial charge in [-0.05, 0) is 24.5 Å². The SMILES string of the molecule is NCc1ccc(N2C(=O)C3CCC(O3)C2=O)nc1. The largest absolute Gasteiger partial charge is 0.355 e. The van der Waals surface area contributed by atoms with E-state index in [0.29, 0.717) is 25.2 Å². The zero-order chi connectivity index (χ0) is 12.7. The molecule has 2 unspecified atom stereocenters. The Hall–Kier alpha value is -1.79. The summed E-state index contributed by atoms with van der Waals surface area (Å²) in [5.41, 5.74) is 6.34. The number of pyridine rings is 1. The summed E-state index contributed by atoms with van der Waals surface area (Å²) in [6, 6.07) is 3.41. The average molecular weight is 247 g/mol. The van der Waals surface area contributed by atoms with Crippen molar-refractivity contribution >= 4 is 17.6 Å². The van der Waals surface area contributed by atoms with Crippen LogP contribution in [0.1, 0.15) is 18.4 Å². The molecule has 6 nitrogen and oxygen atoms in total. The highest BCUT2D eigenvalue weighted by Crippen LogP contribution is 2.30. The fourth-order valence-corrected chi connectivity index (χ4v) is 2.29. The van der Waals surface area contributed by atoms with Gasteiger partial charge in [-0.3, -0.25) is 9.59 Å². The molecule has 18 heavy (non-hydrogen) atoms. The molecule has 2 saturated heterocycles. The Kier molecular flexibility index (Phi) is 2.61. The molecular weight excluding hydrogens is 234 g/mol. The molecule has 2 atom stereocenters. The van der Waals surface area contributed by atoms with Gasteiger partial charge in [0.15, 0.2) is 0 Å². The number of ether oxygens (including phenoxy) is 1. The number of aromatic nitrogens is 1. The second-order valence-electron chi connectivity index (χ2n) is 4.43. The van der Waals surface area contributed by atoms with Crippen LogP contribution in [0.15, 0.2) is 18.3 Å². The first kappa shape index (κ1) is 11.3. The van der Waals surface area contributed by atoms with E-state index in [1.54, 1.807) is 18.3 Å². The Bertz CT molecular complexity index is 478. The molecule has 2 fully saturated rings. The molecule has 0 aliphatic carbocycles. The lowest BCUT2D eigenvalue weighted by Crippen LogP contribution is -2.52. The lowest BCUT2D eigenvalue weighted by molar-refractivity contribution is -0.146. The molecule has 1 aromatic heterocycles. The molecule has 2 N–H and O–H groups in total. The van der Waals surface area contributed by atoms with E-state index in [1.165, 1.54) is 0 Å². The number of hydrogen-bond donors (Lipinski definition) is 1. The van der Waals surface area contributed by atoms with Gasteiger partial charge in [0.05, 0.1) is 0 Å². The van der Waals surface area contributed by atoms with Crippen molar-refractivity contribution in [3.63, 3.8) is 0 Å². The summed E-state index contributed by atoms with van der Waals surface area (Å²) in [7, 11) is 0. The predicted octanol–water partition coefficient (Wildman–Crippen LogP) is -0.0389. The minimum Gasteiger partial charge on any atom is -0.355 e. The number of morpholine rings is 1. The number of carbonyl (C=O) groups is 2. The molecule has 1 aromatic rings. The maximum absolute atomic E-state index is 12.1. The number of imide groups is 1. The van der Waals surface area contributed by atoms with Crippen molar-refractivity contribution in [3.8, 4) is 0 Å². The molecule has 3 heterocycles. The normalized spacial score (nSPS) is 26.8. The topological polar surface area (TPSA) is 85.5 Å². The van der Waals surface area contributed by atoms with E-state index in [2.05, 4.69) is 4.98 Å². The first-order chi connectivity index (χ1) is 8.70. The molecular formula is C12H13N3O3. The fraction of sp³-hybridized carbons (Fsp3) is 0.417. The third-order valence-electron chi connectivity index (χ3n) is 3.29. The Morgan fingerprint density at radius 2 is 1.94 bits per heavy atom. The minimum atomic E-state index is -0.497. The zero-order valence-corrected chi connectivity index (χ0v) is 9.70. The van der Waals surface area contributed by atoms with Crippen LogP contribution in [0.25, 0.3) is 0 Å². The molecule has 2 bridgehead atoms. The van der Waals surface area contributed by atoms with E-state index < -0.39 is 12.2 Å². The van der Waals surface area contributed by atoms with Gasteiger partial charge in [0, 0.05) is 12.7 Å². The smallest absolute Gasteiger partial charge is 0.264 e. The van der Waals surface area contributed by atoms with Crippen LogP contribution >= 0.6 is 0 Å². The highest BCUT2D eigenvalue weighted by atomic mass is 16.5. The average Bonchev–Trinajstić information content (AvgIpc) is 2.85. The Morgan fingerprint density at radius 1 is 1.28 bits per heavy atom. The van der Waals surface area contributed by atoms with E-state index in [0.717, 1.165) is 10.5 Å². The number of carbonyl (C=O) groups excluding carboxylic acids is 2. The van der Waals surface area contributed by atoms with E-state index in [1.807, 2.05) is 0 Å². The van der Waals surface area contributed by atoms with E-state index in [-0.39, 0.29) is 11.8 Å². The molecule has 6 heteroatoms. The van der Waals surface area contributed by atoms with E-state index >= 15 is 0 Å². The first-order valence-electron chi connectivity index (χ1n) is 5.89. The third kappa shape index (κ3) is 1.61. The Balaban J connectivity index is 1.94. The van der Waals surface area contributed by atoms with Crippen molar-refractivity contribution in [1.82, 2.24) is 4.98 Å². The molecule has 0 radical (unpaired) electrons. The van der Waals surface area contributed by atoms with Gasteiger partial charge in [-0.1, -0.05) is 6.07 Å². The molecule has 2 amide bonds. The van der Waals surface area contributed by atoms with Crippen molar-refractivity contribution < 1.29 is 14.3 Å². The molecule has 2 aliphatic rings. The number of hydrogen-bond acceptors (Lipinski definition) is 5. The number of amides is 2. The predicted molar refractivity (Wildman–Crippen MR) is 62.5 cm³/mol. The molecule has 2 aliphatic heterocycles. The van der Waals surface area contributed by atoms with Crippen LogP contribution in [-0.4, -0.2) is 29.0 Å². The van der Waals surface area contributed by atoms with Crippen molar-refractivity contribution in [2.24, 2.45) is 5.73 Å². The number of nitrogens with zero attached hydrogens (tertiary/aromatic N) is 2. The zero-order valence-electron chi connectivity index (χ0n) is 9.70. The van der Waals surface area contributed by atoms with Crippen molar-refractivity contribution in [3.05, 3.63) is 23.9 Å². The summed E-state index contributed by atoms with van der Waals surface area (Å²) in [4.78, 5) is 29.4. The summed E-state index contributed by atoms with van der Waals surface area (Å²) >= 11 is 0. The second-order valence-corrected chi connectivity index (χ2v) is 4.43. The van der Waals surface area contributed by atoms with Gasteiger partial charge in [0.1, 0.15) is 18.0 Å². The van der Waals surface area contributed by atoms with E-state index in [9.17, 15) is 9.59 Å². The summed E-state index contributed by atoms with van der Waals surface area (Å²) < 4.78 is 5.33. The van der Waals surface area contributed by atoms with Gasteiger partial charge in [-0.15, -0.1) is 0 Å². The maximum Gasteiger partial charge on any atom is 0.264 e. The van der Waals surface area contributed by atoms with Crippen molar-refractivity contribution in [2.45, 2.75) is 31.6 Å². The summed E-state index contributed by atoms with van der Waals surface area (Å²) in [5.74, 6) is -0.286. The molecule has 0 aromatic carbocycles.